The first kappa shape index (κ1) is 13.9. The highest BCUT2D eigenvalue weighted by Crippen LogP contribution is 2.50. The highest BCUT2D eigenvalue weighted by Gasteiger charge is 2.53. The maximum atomic E-state index is 13.1. The summed E-state index contributed by atoms with van der Waals surface area (Å²) in [7, 11) is 0. The summed E-state index contributed by atoms with van der Waals surface area (Å²) in [6.07, 6.45) is 0. The van der Waals surface area contributed by atoms with Gasteiger partial charge in [-0.2, -0.15) is 0 Å². The van der Waals surface area contributed by atoms with Crippen molar-refractivity contribution in [2.45, 2.75) is 11.5 Å². The molecule has 0 aromatic heterocycles. The molecule has 3 aromatic carbocycles. The molecule has 1 N–H and O–H groups in total. The first-order valence-corrected chi connectivity index (χ1v) is 7.69. The van der Waals surface area contributed by atoms with E-state index in [9.17, 15) is 9.90 Å². The Hall–Kier alpha value is -2.71. The van der Waals surface area contributed by atoms with Crippen LogP contribution in [0.5, 0.6) is 0 Å². The molecule has 0 spiro atoms. The van der Waals surface area contributed by atoms with Gasteiger partial charge in [0.2, 0.25) is 0 Å². The summed E-state index contributed by atoms with van der Waals surface area (Å²) in [5.74, 6) is -0.622. The zero-order valence-electron chi connectivity index (χ0n) is 12.5. The van der Waals surface area contributed by atoms with E-state index in [2.05, 4.69) is 0 Å². The number of benzene rings is 3. The molecule has 2 atom stereocenters. The van der Waals surface area contributed by atoms with E-state index < -0.39 is 11.5 Å². The molecule has 0 amide bonds. The minimum Gasteiger partial charge on any atom is -0.376 e. The zero-order chi connectivity index (χ0) is 15.9. The molecule has 3 aromatic rings. The number of aliphatic hydroxyl groups is 1. The fourth-order valence-corrected chi connectivity index (χ4v) is 3.57. The van der Waals surface area contributed by atoms with Gasteiger partial charge in [-0.05, 0) is 16.7 Å². The van der Waals surface area contributed by atoms with Crippen molar-refractivity contribution < 1.29 is 9.90 Å². The molecule has 0 fully saturated rings. The van der Waals surface area contributed by atoms with Gasteiger partial charge in [-0.1, -0.05) is 84.9 Å². The van der Waals surface area contributed by atoms with E-state index in [-0.39, 0.29) is 5.78 Å². The van der Waals surface area contributed by atoms with Crippen LogP contribution in [0.4, 0.5) is 0 Å². The molecule has 112 valence electrons. The Bertz CT molecular complexity index is 855. The van der Waals surface area contributed by atoms with E-state index in [4.69, 9.17) is 0 Å². The maximum absolute atomic E-state index is 13.1. The van der Waals surface area contributed by atoms with Gasteiger partial charge >= 0.3 is 0 Å². The molecule has 0 bridgehead atoms. The van der Waals surface area contributed by atoms with Gasteiger partial charge in [-0.25, -0.2) is 0 Å². The third-order valence-electron chi connectivity index (χ3n) is 4.63. The summed E-state index contributed by atoms with van der Waals surface area (Å²) in [6, 6.07) is 26.5. The molecule has 0 saturated heterocycles. The predicted octanol–water partition coefficient (Wildman–Crippen LogP) is 3.90. The van der Waals surface area contributed by atoms with Gasteiger partial charge < -0.3 is 5.11 Å². The molecule has 0 heterocycles. The molecule has 0 radical (unpaired) electrons. The van der Waals surface area contributed by atoms with Crippen molar-refractivity contribution >= 4 is 5.78 Å². The van der Waals surface area contributed by atoms with E-state index in [0.717, 1.165) is 11.1 Å². The molecule has 23 heavy (non-hydrogen) atoms. The Balaban J connectivity index is 2.00. The molecule has 0 unspecified atom stereocenters. The van der Waals surface area contributed by atoms with Crippen molar-refractivity contribution in [2.24, 2.45) is 0 Å². The van der Waals surface area contributed by atoms with Crippen LogP contribution >= 0.6 is 0 Å². The van der Waals surface area contributed by atoms with Crippen molar-refractivity contribution in [1.82, 2.24) is 0 Å². The van der Waals surface area contributed by atoms with Gasteiger partial charge in [-0.3, -0.25) is 4.79 Å². The highest BCUT2D eigenvalue weighted by molar-refractivity contribution is 6.08. The van der Waals surface area contributed by atoms with Crippen LogP contribution in [-0.4, -0.2) is 10.9 Å². The third kappa shape index (κ3) is 1.96. The van der Waals surface area contributed by atoms with Crippen LogP contribution in [0.3, 0.4) is 0 Å². The van der Waals surface area contributed by atoms with Gasteiger partial charge in [0, 0.05) is 5.56 Å². The molecule has 4 rings (SSSR count). The standard InChI is InChI=1S/C21H16O2/c22-20-18-14-8-7-13-17(18)19(15-9-3-1-4-10-15)21(20,23)16-11-5-2-6-12-16/h1-14,19,23H/t19-,21+/m0/s1. The lowest BCUT2D eigenvalue weighted by Gasteiger charge is -2.30. The largest absolute Gasteiger partial charge is 0.376 e. The molecule has 2 heteroatoms. The quantitative estimate of drug-likeness (QED) is 0.779. The summed E-state index contributed by atoms with van der Waals surface area (Å²) in [6.45, 7) is 0. The van der Waals surface area contributed by atoms with Gasteiger partial charge in [0.05, 0.1) is 5.92 Å². The van der Waals surface area contributed by atoms with Crippen molar-refractivity contribution in [3.63, 3.8) is 0 Å². The fourth-order valence-electron chi connectivity index (χ4n) is 3.57. The number of rotatable bonds is 2. The van der Waals surface area contributed by atoms with Crippen molar-refractivity contribution in [3.05, 3.63) is 107 Å². The van der Waals surface area contributed by atoms with Gasteiger partial charge in [0.15, 0.2) is 11.4 Å². The topological polar surface area (TPSA) is 37.3 Å². The maximum Gasteiger partial charge on any atom is 0.200 e. The fraction of sp³-hybridized carbons (Fsp3) is 0.0952. The number of hydrogen-bond acceptors (Lipinski definition) is 2. The summed E-state index contributed by atoms with van der Waals surface area (Å²) in [5.41, 5.74) is 1.50. The minimum absolute atomic E-state index is 0.229. The Morgan fingerprint density at radius 1 is 0.739 bits per heavy atom. The van der Waals surface area contributed by atoms with Crippen LogP contribution in [0.1, 0.15) is 33.0 Å². The molecular formula is C21H16O2. The smallest absolute Gasteiger partial charge is 0.200 e. The van der Waals surface area contributed by atoms with Gasteiger partial charge in [0.25, 0.3) is 0 Å². The third-order valence-corrected chi connectivity index (χ3v) is 4.63. The lowest BCUT2D eigenvalue weighted by atomic mass is 9.77. The number of ketones is 1. The van der Waals surface area contributed by atoms with Crippen molar-refractivity contribution in [3.8, 4) is 0 Å². The lowest BCUT2D eigenvalue weighted by Crippen LogP contribution is -2.36. The van der Waals surface area contributed by atoms with E-state index in [0.29, 0.717) is 11.1 Å². The van der Waals surface area contributed by atoms with Crippen LogP contribution in [-0.2, 0) is 5.60 Å². The Labute approximate surface area is 135 Å². The average Bonchev–Trinajstić information content (AvgIpc) is 2.86. The Morgan fingerprint density at radius 3 is 2.00 bits per heavy atom. The van der Waals surface area contributed by atoms with Crippen molar-refractivity contribution in [1.29, 1.82) is 0 Å². The highest BCUT2D eigenvalue weighted by atomic mass is 16.3. The summed E-state index contributed by atoms with van der Waals surface area (Å²) < 4.78 is 0. The molecule has 1 aliphatic rings. The van der Waals surface area contributed by atoms with E-state index in [1.165, 1.54) is 0 Å². The normalized spacial score (nSPS) is 22.8. The Kier molecular flexibility index (Phi) is 3.14. The summed E-state index contributed by atoms with van der Waals surface area (Å²) >= 11 is 0. The average molecular weight is 300 g/mol. The van der Waals surface area contributed by atoms with Crippen molar-refractivity contribution in [2.75, 3.05) is 0 Å². The number of fused-ring (bicyclic) bond motifs is 1. The number of carbonyl (C=O) groups is 1. The lowest BCUT2D eigenvalue weighted by molar-refractivity contribution is 0.0272. The zero-order valence-corrected chi connectivity index (χ0v) is 12.5. The molecular weight excluding hydrogens is 284 g/mol. The van der Waals surface area contributed by atoms with Gasteiger partial charge in [-0.15, -0.1) is 0 Å². The van der Waals surface area contributed by atoms with Gasteiger partial charge in [0.1, 0.15) is 0 Å². The van der Waals surface area contributed by atoms with Crippen LogP contribution < -0.4 is 0 Å². The second-order valence-electron chi connectivity index (χ2n) is 5.89. The molecule has 2 nitrogen and oxygen atoms in total. The van der Waals surface area contributed by atoms with E-state index in [1.807, 2.05) is 78.9 Å². The molecule has 0 aliphatic heterocycles. The summed E-state index contributed by atoms with van der Waals surface area (Å²) in [5, 5.41) is 11.5. The first-order valence-electron chi connectivity index (χ1n) is 7.69. The second kappa shape index (κ2) is 5.18. The predicted molar refractivity (Wildman–Crippen MR) is 89.4 cm³/mol. The number of hydrogen-bond donors (Lipinski definition) is 1. The van der Waals surface area contributed by atoms with E-state index in [1.54, 1.807) is 6.07 Å². The minimum atomic E-state index is -1.56. The SMILES string of the molecule is O=C1c2ccccc2[C@H](c2ccccc2)[C@]1(O)c1ccccc1. The molecule has 1 aliphatic carbocycles. The van der Waals surface area contributed by atoms with Crippen LogP contribution in [0, 0.1) is 0 Å². The Morgan fingerprint density at radius 2 is 1.30 bits per heavy atom. The van der Waals surface area contributed by atoms with E-state index >= 15 is 0 Å². The monoisotopic (exact) mass is 300 g/mol. The second-order valence-corrected chi connectivity index (χ2v) is 5.89. The first-order chi connectivity index (χ1) is 11.2. The van der Waals surface area contributed by atoms with Crippen LogP contribution in [0.15, 0.2) is 84.9 Å². The molecule has 0 saturated carbocycles. The van der Waals surface area contributed by atoms with Crippen LogP contribution in [0.25, 0.3) is 0 Å². The number of Topliss-reactive ketones (excluding diaryl/α,β-unsaturated/α-hetero) is 1. The number of carbonyl (C=O) groups excluding carboxylic acids is 1. The summed E-state index contributed by atoms with van der Waals surface area (Å²) in [4.78, 5) is 13.1. The van der Waals surface area contributed by atoms with Crippen LogP contribution in [0.2, 0.25) is 0 Å².